The van der Waals surface area contributed by atoms with Crippen molar-refractivity contribution >= 4 is 11.6 Å². The van der Waals surface area contributed by atoms with Gasteiger partial charge in [0.2, 0.25) is 0 Å². The molecule has 0 spiro atoms. The molecule has 2 rings (SSSR count). The van der Waals surface area contributed by atoms with Gasteiger partial charge in [0.1, 0.15) is 6.33 Å². The van der Waals surface area contributed by atoms with Crippen LogP contribution in [0.15, 0.2) is 29.3 Å². The van der Waals surface area contributed by atoms with Gasteiger partial charge in [0.15, 0.2) is 0 Å². The maximum absolute atomic E-state index is 11.5. The molecule has 0 aliphatic heterocycles. The lowest BCUT2D eigenvalue weighted by Gasteiger charge is -2.04. The summed E-state index contributed by atoms with van der Waals surface area (Å²) in [4.78, 5) is 11.5. The van der Waals surface area contributed by atoms with Gasteiger partial charge in [-0.3, -0.25) is 0 Å². The van der Waals surface area contributed by atoms with E-state index in [0.29, 0.717) is 16.3 Å². The molecule has 0 saturated carbocycles. The summed E-state index contributed by atoms with van der Waals surface area (Å²) in [5.41, 5.74) is 6.24. The summed E-state index contributed by atoms with van der Waals surface area (Å²) in [6.45, 7) is 0.242. The van der Waals surface area contributed by atoms with E-state index in [1.54, 1.807) is 18.2 Å². The number of halogens is 1. The third-order valence-corrected chi connectivity index (χ3v) is 2.33. The summed E-state index contributed by atoms with van der Waals surface area (Å²) in [7, 11) is 0. The largest absolute Gasteiger partial charge is 0.347 e. The van der Waals surface area contributed by atoms with Crippen LogP contribution in [0.2, 0.25) is 5.02 Å². The van der Waals surface area contributed by atoms with E-state index >= 15 is 0 Å². The molecule has 0 unspecified atom stereocenters. The van der Waals surface area contributed by atoms with Crippen LogP contribution in [0.25, 0.3) is 5.69 Å². The van der Waals surface area contributed by atoms with Crippen molar-refractivity contribution in [3.63, 3.8) is 0 Å². The van der Waals surface area contributed by atoms with Gasteiger partial charge < -0.3 is 5.73 Å². The van der Waals surface area contributed by atoms with Crippen LogP contribution in [0.5, 0.6) is 0 Å². The highest BCUT2D eigenvalue weighted by Crippen LogP contribution is 2.17. The van der Waals surface area contributed by atoms with E-state index in [9.17, 15) is 4.79 Å². The SMILES string of the molecule is NCC#Cc1cc(Cl)ccc1-n1cn[nH]c1=O. The molecule has 1 aromatic heterocycles. The summed E-state index contributed by atoms with van der Waals surface area (Å²) in [6, 6.07) is 5.07. The zero-order chi connectivity index (χ0) is 12.3. The molecule has 0 aliphatic carbocycles. The highest BCUT2D eigenvalue weighted by atomic mass is 35.5. The molecule has 1 heterocycles. The predicted molar refractivity (Wildman–Crippen MR) is 65.1 cm³/mol. The number of nitrogens with zero attached hydrogens (tertiary/aromatic N) is 2. The Labute approximate surface area is 102 Å². The van der Waals surface area contributed by atoms with E-state index in [4.69, 9.17) is 17.3 Å². The van der Waals surface area contributed by atoms with Crippen LogP contribution in [0.3, 0.4) is 0 Å². The molecular formula is C11H9ClN4O. The van der Waals surface area contributed by atoms with Gasteiger partial charge in [-0.25, -0.2) is 14.5 Å². The number of nitrogens with one attached hydrogen (secondary N) is 1. The molecule has 3 N–H and O–H groups in total. The van der Waals surface area contributed by atoms with Gasteiger partial charge in [-0.15, -0.1) is 0 Å². The Kier molecular flexibility index (Phi) is 3.28. The quantitative estimate of drug-likeness (QED) is 0.723. The number of nitrogens with two attached hydrogens (primary N) is 1. The smallest absolute Gasteiger partial charge is 0.320 e. The molecule has 0 fully saturated rings. The van der Waals surface area contributed by atoms with Gasteiger partial charge in [-0.05, 0) is 18.2 Å². The molecule has 0 atom stereocenters. The first kappa shape index (κ1) is 11.5. The fraction of sp³-hybridized carbons (Fsp3) is 0.0909. The summed E-state index contributed by atoms with van der Waals surface area (Å²) < 4.78 is 1.36. The average Bonchev–Trinajstić information content (AvgIpc) is 2.73. The van der Waals surface area contributed by atoms with Crippen LogP contribution in [-0.2, 0) is 0 Å². The van der Waals surface area contributed by atoms with Gasteiger partial charge >= 0.3 is 5.69 Å². The second-order valence-corrected chi connectivity index (χ2v) is 3.64. The van der Waals surface area contributed by atoms with Crippen LogP contribution in [0.1, 0.15) is 5.56 Å². The fourth-order valence-corrected chi connectivity index (χ4v) is 1.56. The second kappa shape index (κ2) is 4.87. The molecule has 86 valence electrons. The number of hydrogen-bond acceptors (Lipinski definition) is 3. The molecule has 0 aliphatic rings. The molecule has 5 nitrogen and oxygen atoms in total. The Hall–Kier alpha value is -2.03. The first-order valence-electron chi connectivity index (χ1n) is 4.83. The fourth-order valence-electron chi connectivity index (χ4n) is 1.38. The number of H-pyrrole nitrogens is 1. The first-order chi connectivity index (χ1) is 8.22. The highest BCUT2D eigenvalue weighted by molar-refractivity contribution is 6.30. The van der Waals surface area contributed by atoms with Crippen molar-refractivity contribution < 1.29 is 0 Å². The average molecular weight is 249 g/mol. The number of aromatic amines is 1. The van der Waals surface area contributed by atoms with Crippen LogP contribution < -0.4 is 11.4 Å². The number of rotatable bonds is 1. The third kappa shape index (κ3) is 2.38. The van der Waals surface area contributed by atoms with Gasteiger partial charge in [0, 0.05) is 5.02 Å². The molecule has 0 bridgehead atoms. The minimum atomic E-state index is -0.330. The predicted octanol–water partition coefficient (Wildman–Crippen LogP) is 0.524. The Bertz CT molecular complexity index is 647. The van der Waals surface area contributed by atoms with Gasteiger partial charge in [-0.1, -0.05) is 23.4 Å². The van der Waals surface area contributed by atoms with E-state index in [0.717, 1.165) is 0 Å². The highest BCUT2D eigenvalue weighted by Gasteiger charge is 2.06. The van der Waals surface area contributed by atoms with E-state index in [2.05, 4.69) is 22.0 Å². The molecule has 17 heavy (non-hydrogen) atoms. The zero-order valence-electron chi connectivity index (χ0n) is 8.77. The van der Waals surface area contributed by atoms with Gasteiger partial charge in [0.25, 0.3) is 0 Å². The lowest BCUT2D eigenvalue weighted by atomic mass is 10.2. The lowest BCUT2D eigenvalue weighted by Crippen LogP contribution is -2.15. The topological polar surface area (TPSA) is 76.7 Å². The van der Waals surface area contributed by atoms with Crippen LogP contribution in [0.4, 0.5) is 0 Å². The molecule has 1 aromatic carbocycles. The van der Waals surface area contributed by atoms with Crippen molar-refractivity contribution in [2.75, 3.05) is 6.54 Å². The number of hydrogen-bond donors (Lipinski definition) is 2. The maximum Gasteiger partial charge on any atom is 0.347 e. The summed E-state index contributed by atoms with van der Waals surface area (Å²) >= 11 is 5.89. The van der Waals surface area contributed by atoms with Crippen molar-refractivity contribution in [3.8, 4) is 17.5 Å². The molecule has 2 aromatic rings. The first-order valence-corrected chi connectivity index (χ1v) is 5.21. The number of benzene rings is 1. The normalized spacial score (nSPS) is 9.76. The van der Waals surface area contributed by atoms with E-state index in [-0.39, 0.29) is 12.2 Å². The van der Waals surface area contributed by atoms with E-state index in [1.165, 1.54) is 10.9 Å². The van der Waals surface area contributed by atoms with Crippen LogP contribution >= 0.6 is 11.6 Å². The van der Waals surface area contributed by atoms with Crippen molar-refractivity contribution in [3.05, 3.63) is 45.6 Å². The second-order valence-electron chi connectivity index (χ2n) is 3.20. The Morgan fingerprint density at radius 2 is 2.35 bits per heavy atom. The molecular weight excluding hydrogens is 240 g/mol. The van der Waals surface area contributed by atoms with Crippen LogP contribution in [-0.4, -0.2) is 21.3 Å². The lowest BCUT2D eigenvalue weighted by molar-refractivity contribution is 0.979. The minimum absolute atomic E-state index is 0.242. The minimum Gasteiger partial charge on any atom is -0.320 e. The van der Waals surface area contributed by atoms with Crippen molar-refractivity contribution in [1.82, 2.24) is 14.8 Å². The van der Waals surface area contributed by atoms with Gasteiger partial charge in [-0.2, -0.15) is 5.10 Å². The molecule has 0 amide bonds. The van der Waals surface area contributed by atoms with Crippen molar-refractivity contribution in [2.24, 2.45) is 5.73 Å². The summed E-state index contributed by atoms with van der Waals surface area (Å²) in [5.74, 6) is 5.60. The Morgan fingerprint density at radius 3 is 3.00 bits per heavy atom. The molecule has 0 radical (unpaired) electrons. The third-order valence-electron chi connectivity index (χ3n) is 2.10. The monoisotopic (exact) mass is 248 g/mol. The Morgan fingerprint density at radius 1 is 1.53 bits per heavy atom. The van der Waals surface area contributed by atoms with Crippen molar-refractivity contribution in [1.29, 1.82) is 0 Å². The Balaban J connectivity index is 2.62. The maximum atomic E-state index is 11.5. The van der Waals surface area contributed by atoms with E-state index in [1.807, 2.05) is 0 Å². The standard InChI is InChI=1S/C11H9ClN4O/c12-9-3-4-10(8(6-9)2-1-5-13)16-7-14-15-11(16)17/h3-4,6-7H,5,13H2,(H,15,17). The number of aromatic nitrogens is 3. The summed E-state index contributed by atoms with van der Waals surface area (Å²) in [5, 5.41) is 6.53. The zero-order valence-corrected chi connectivity index (χ0v) is 9.53. The van der Waals surface area contributed by atoms with Crippen molar-refractivity contribution in [2.45, 2.75) is 0 Å². The molecule has 6 heteroatoms. The molecule has 0 saturated heterocycles. The van der Waals surface area contributed by atoms with E-state index < -0.39 is 0 Å². The van der Waals surface area contributed by atoms with Crippen LogP contribution in [0, 0.1) is 11.8 Å². The summed E-state index contributed by atoms with van der Waals surface area (Å²) in [6.07, 6.45) is 1.39. The van der Waals surface area contributed by atoms with Gasteiger partial charge in [0.05, 0.1) is 17.8 Å².